The highest BCUT2D eigenvalue weighted by molar-refractivity contribution is 5.70. The van der Waals surface area contributed by atoms with Gasteiger partial charge in [-0.25, -0.2) is 0 Å². The first-order chi connectivity index (χ1) is 8.29. The van der Waals surface area contributed by atoms with Crippen LogP contribution in [-0.2, 0) is 17.4 Å². The van der Waals surface area contributed by atoms with Gasteiger partial charge in [-0.05, 0) is 24.6 Å². The monoisotopic (exact) mass is 260 g/mol. The van der Waals surface area contributed by atoms with Crippen molar-refractivity contribution in [2.45, 2.75) is 25.6 Å². The van der Waals surface area contributed by atoms with Gasteiger partial charge in [-0.15, -0.1) is 0 Å². The van der Waals surface area contributed by atoms with Crippen LogP contribution in [0.2, 0.25) is 0 Å². The molecule has 0 saturated carbocycles. The maximum atomic E-state index is 12.5. The summed E-state index contributed by atoms with van der Waals surface area (Å²) in [5.74, 6) is -1.65. The molecular formula is C12H11F3O3. The van der Waals surface area contributed by atoms with E-state index in [4.69, 9.17) is 9.84 Å². The van der Waals surface area contributed by atoms with Crippen molar-refractivity contribution in [3.05, 3.63) is 29.3 Å². The lowest BCUT2D eigenvalue weighted by Gasteiger charge is -2.14. The zero-order valence-electron chi connectivity index (χ0n) is 9.49. The molecular weight excluding hydrogens is 249 g/mol. The van der Waals surface area contributed by atoms with E-state index in [2.05, 4.69) is 0 Å². The molecule has 0 aromatic heterocycles. The minimum atomic E-state index is -4.42. The van der Waals surface area contributed by atoms with E-state index < -0.39 is 29.7 Å². The Morgan fingerprint density at radius 2 is 2.17 bits per heavy atom. The molecule has 18 heavy (non-hydrogen) atoms. The molecule has 1 aromatic rings. The first kappa shape index (κ1) is 12.7. The van der Waals surface area contributed by atoms with Crippen LogP contribution >= 0.6 is 0 Å². The first-order valence-corrected chi connectivity index (χ1v) is 5.38. The zero-order chi connectivity index (χ0) is 13.5. The summed E-state index contributed by atoms with van der Waals surface area (Å²) < 4.78 is 42.8. The molecule has 1 aliphatic rings. The van der Waals surface area contributed by atoms with E-state index in [9.17, 15) is 18.0 Å². The van der Waals surface area contributed by atoms with Crippen molar-refractivity contribution in [3.63, 3.8) is 0 Å². The Kier molecular flexibility index (Phi) is 2.96. The number of hydrogen-bond acceptors (Lipinski definition) is 2. The molecule has 0 aliphatic carbocycles. The van der Waals surface area contributed by atoms with E-state index in [0.29, 0.717) is 12.0 Å². The molecule has 0 spiro atoms. The average molecular weight is 260 g/mol. The Bertz CT molecular complexity index is 482. The highest BCUT2D eigenvalue weighted by Crippen LogP contribution is 2.37. The molecule has 2 unspecified atom stereocenters. The number of carbonyl (C=O) groups is 1. The Hall–Kier alpha value is -1.72. The van der Waals surface area contributed by atoms with Crippen LogP contribution in [0.5, 0.6) is 5.75 Å². The molecule has 0 saturated heterocycles. The van der Waals surface area contributed by atoms with E-state index in [1.807, 2.05) is 0 Å². The third-order valence-electron chi connectivity index (χ3n) is 3.04. The van der Waals surface area contributed by atoms with E-state index in [0.717, 1.165) is 12.1 Å². The zero-order valence-corrected chi connectivity index (χ0v) is 9.49. The van der Waals surface area contributed by atoms with Crippen LogP contribution in [0.1, 0.15) is 18.1 Å². The molecule has 6 heteroatoms. The quantitative estimate of drug-likeness (QED) is 0.889. The molecule has 1 heterocycles. The van der Waals surface area contributed by atoms with E-state index >= 15 is 0 Å². The third-order valence-corrected chi connectivity index (χ3v) is 3.04. The van der Waals surface area contributed by atoms with Crippen LogP contribution < -0.4 is 4.74 Å². The number of fused-ring (bicyclic) bond motifs is 1. The number of benzene rings is 1. The number of rotatable bonds is 2. The normalized spacial score (nSPS) is 20.1. The summed E-state index contributed by atoms with van der Waals surface area (Å²) in [4.78, 5) is 10.8. The number of carboxylic acid groups (broad SMARTS) is 1. The third kappa shape index (κ3) is 2.27. The second-order valence-electron chi connectivity index (χ2n) is 4.31. The minimum absolute atomic E-state index is 0.128. The second-order valence-corrected chi connectivity index (χ2v) is 4.31. The minimum Gasteiger partial charge on any atom is -0.489 e. The van der Waals surface area contributed by atoms with Crippen molar-refractivity contribution in [2.75, 3.05) is 0 Å². The van der Waals surface area contributed by atoms with Crippen LogP contribution in [0, 0.1) is 5.92 Å². The predicted molar refractivity (Wildman–Crippen MR) is 56.4 cm³/mol. The van der Waals surface area contributed by atoms with Crippen LogP contribution in [-0.4, -0.2) is 17.2 Å². The van der Waals surface area contributed by atoms with Gasteiger partial charge >= 0.3 is 12.1 Å². The molecule has 1 aromatic carbocycles. The number of aliphatic carboxylic acids is 1. The fourth-order valence-electron chi connectivity index (χ4n) is 1.87. The van der Waals surface area contributed by atoms with Gasteiger partial charge in [0.15, 0.2) is 0 Å². The molecule has 98 valence electrons. The largest absolute Gasteiger partial charge is 0.489 e. The van der Waals surface area contributed by atoms with Crippen molar-refractivity contribution in [1.82, 2.24) is 0 Å². The van der Waals surface area contributed by atoms with Crippen LogP contribution in [0.15, 0.2) is 18.2 Å². The SMILES string of the molecule is CC(C(=O)O)C1Cc2ccc(C(F)(F)F)cc2O1. The van der Waals surface area contributed by atoms with Crippen LogP contribution in [0.4, 0.5) is 13.2 Å². The molecule has 1 N–H and O–H groups in total. The van der Waals surface area contributed by atoms with Gasteiger partial charge in [0.2, 0.25) is 0 Å². The van der Waals surface area contributed by atoms with Crippen molar-refractivity contribution in [1.29, 1.82) is 0 Å². The molecule has 1 aliphatic heterocycles. The van der Waals surface area contributed by atoms with E-state index in [1.165, 1.54) is 13.0 Å². The maximum Gasteiger partial charge on any atom is 0.416 e. The van der Waals surface area contributed by atoms with Gasteiger partial charge in [0.25, 0.3) is 0 Å². The molecule has 0 fully saturated rings. The molecule has 0 bridgehead atoms. The average Bonchev–Trinajstić information content (AvgIpc) is 2.68. The topological polar surface area (TPSA) is 46.5 Å². The number of hydrogen-bond donors (Lipinski definition) is 1. The summed E-state index contributed by atoms with van der Waals surface area (Å²) >= 11 is 0. The number of carboxylic acids is 1. The summed E-state index contributed by atoms with van der Waals surface area (Å²) in [7, 11) is 0. The van der Waals surface area contributed by atoms with E-state index in [-0.39, 0.29) is 5.75 Å². The van der Waals surface area contributed by atoms with Crippen molar-refractivity contribution < 1.29 is 27.8 Å². The Labute approximate surface area is 101 Å². The lowest BCUT2D eigenvalue weighted by molar-refractivity contribution is -0.144. The lowest BCUT2D eigenvalue weighted by Crippen LogP contribution is -2.29. The van der Waals surface area contributed by atoms with Crippen molar-refractivity contribution in [3.8, 4) is 5.75 Å². The van der Waals surface area contributed by atoms with Gasteiger partial charge in [0.05, 0.1) is 11.5 Å². The number of alkyl halides is 3. The van der Waals surface area contributed by atoms with Gasteiger partial charge in [-0.3, -0.25) is 4.79 Å². The van der Waals surface area contributed by atoms with Crippen molar-refractivity contribution in [2.24, 2.45) is 5.92 Å². The summed E-state index contributed by atoms with van der Waals surface area (Å²) in [5, 5.41) is 8.85. The van der Waals surface area contributed by atoms with Gasteiger partial charge in [-0.1, -0.05) is 6.07 Å². The second kappa shape index (κ2) is 4.19. The first-order valence-electron chi connectivity index (χ1n) is 5.38. The van der Waals surface area contributed by atoms with Crippen LogP contribution in [0.3, 0.4) is 0 Å². The highest BCUT2D eigenvalue weighted by atomic mass is 19.4. The Morgan fingerprint density at radius 3 is 2.72 bits per heavy atom. The summed E-state index contributed by atoms with van der Waals surface area (Å²) in [5.41, 5.74) is -0.175. The standard InChI is InChI=1S/C12H11F3O3/c1-6(11(16)17)9-4-7-2-3-8(12(13,14)15)5-10(7)18-9/h2-3,5-6,9H,4H2,1H3,(H,16,17). The molecule has 3 nitrogen and oxygen atoms in total. The Morgan fingerprint density at radius 1 is 1.50 bits per heavy atom. The van der Waals surface area contributed by atoms with Gasteiger partial charge < -0.3 is 9.84 Å². The van der Waals surface area contributed by atoms with E-state index in [1.54, 1.807) is 0 Å². The maximum absolute atomic E-state index is 12.5. The van der Waals surface area contributed by atoms with Gasteiger partial charge in [0.1, 0.15) is 11.9 Å². The Balaban J connectivity index is 2.23. The fourth-order valence-corrected chi connectivity index (χ4v) is 1.87. The van der Waals surface area contributed by atoms with Gasteiger partial charge in [-0.2, -0.15) is 13.2 Å². The molecule has 0 amide bonds. The summed E-state index contributed by atoms with van der Waals surface area (Å²) in [6.45, 7) is 1.48. The molecule has 0 radical (unpaired) electrons. The smallest absolute Gasteiger partial charge is 0.416 e. The lowest BCUT2D eigenvalue weighted by atomic mass is 9.99. The fraction of sp³-hybridized carbons (Fsp3) is 0.417. The number of ether oxygens (including phenoxy) is 1. The number of halogens is 3. The summed E-state index contributed by atoms with van der Waals surface area (Å²) in [6.07, 6.45) is -4.71. The molecule has 2 rings (SSSR count). The van der Waals surface area contributed by atoms with Crippen LogP contribution in [0.25, 0.3) is 0 Å². The molecule has 2 atom stereocenters. The summed E-state index contributed by atoms with van der Waals surface area (Å²) in [6, 6.07) is 3.24. The highest BCUT2D eigenvalue weighted by Gasteiger charge is 2.35. The van der Waals surface area contributed by atoms with Gasteiger partial charge in [0, 0.05) is 6.42 Å². The van der Waals surface area contributed by atoms with Crippen molar-refractivity contribution >= 4 is 5.97 Å². The predicted octanol–water partition coefficient (Wildman–Crippen LogP) is 2.73.